The Labute approximate surface area is 244 Å². The molecule has 216 valence electrons. The quantitative estimate of drug-likeness (QED) is 0.195. The Bertz CT molecular complexity index is 1810. The van der Waals surface area contributed by atoms with Gasteiger partial charge in [-0.3, -0.25) is 15.0 Å². The number of aromatic nitrogens is 3. The second-order valence-electron chi connectivity index (χ2n) is 9.82. The highest BCUT2D eigenvalue weighted by atomic mass is 19.4. The van der Waals surface area contributed by atoms with Crippen molar-refractivity contribution in [3.05, 3.63) is 114 Å². The normalized spacial score (nSPS) is 14.9. The highest BCUT2D eigenvalue weighted by Crippen LogP contribution is 2.38. The number of ether oxygens (including phenoxy) is 2. The van der Waals surface area contributed by atoms with Gasteiger partial charge in [0.05, 0.1) is 41.1 Å². The number of benzene rings is 3. The van der Waals surface area contributed by atoms with E-state index in [1.165, 1.54) is 19.4 Å². The van der Waals surface area contributed by atoms with E-state index in [2.05, 4.69) is 15.0 Å². The van der Waals surface area contributed by atoms with Crippen molar-refractivity contribution in [1.29, 1.82) is 0 Å². The van der Waals surface area contributed by atoms with Crippen molar-refractivity contribution in [1.82, 2.24) is 15.0 Å². The molecule has 0 fully saturated rings. The third kappa shape index (κ3) is 6.15. The number of methoxy groups -OCH3 is 1. The van der Waals surface area contributed by atoms with Crippen LogP contribution >= 0.6 is 0 Å². The zero-order valence-corrected chi connectivity index (χ0v) is 22.8. The molecule has 1 atom stereocenters. The summed E-state index contributed by atoms with van der Waals surface area (Å²) >= 11 is 0. The van der Waals surface area contributed by atoms with Gasteiger partial charge < -0.3 is 9.47 Å². The molecule has 5 aromatic rings. The first-order valence-electron chi connectivity index (χ1n) is 13.3. The molecule has 1 aliphatic rings. The van der Waals surface area contributed by atoms with Crippen LogP contribution in [0.15, 0.2) is 103 Å². The zero-order chi connectivity index (χ0) is 30.0. The van der Waals surface area contributed by atoms with E-state index in [1.807, 2.05) is 53.5 Å². The highest BCUT2D eigenvalue weighted by molar-refractivity contribution is 6.04. The average molecular weight is 584 g/mol. The van der Waals surface area contributed by atoms with Gasteiger partial charge in [0.15, 0.2) is 6.61 Å². The summed E-state index contributed by atoms with van der Waals surface area (Å²) < 4.78 is 46.9. The molecule has 0 radical (unpaired) electrons. The number of halogens is 3. The van der Waals surface area contributed by atoms with Crippen LogP contribution in [0.2, 0.25) is 0 Å². The predicted molar refractivity (Wildman–Crippen MR) is 155 cm³/mol. The van der Waals surface area contributed by atoms with E-state index in [4.69, 9.17) is 14.6 Å². The van der Waals surface area contributed by atoms with Crippen LogP contribution in [-0.4, -0.2) is 46.5 Å². The Kier molecular flexibility index (Phi) is 7.45. The van der Waals surface area contributed by atoms with Crippen LogP contribution in [0.1, 0.15) is 33.9 Å². The van der Waals surface area contributed by atoms with E-state index in [1.54, 1.807) is 36.7 Å². The van der Waals surface area contributed by atoms with Crippen molar-refractivity contribution in [3.63, 3.8) is 0 Å². The molecule has 3 aromatic carbocycles. The molecular weight excluding hydrogens is 559 g/mol. The molecule has 1 aliphatic heterocycles. The van der Waals surface area contributed by atoms with Crippen LogP contribution in [0, 0.1) is 0 Å². The lowest BCUT2D eigenvalue weighted by Gasteiger charge is -2.24. The van der Waals surface area contributed by atoms with Gasteiger partial charge in [-0.2, -0.15) is 18.3 Å². The lowest BCUT2D eigenvalue weighted by molar-refractivity contribution is -0.154. The summed E-state index contributed by atoms with van der Waals surface area (Å²) in [5, 5.41) is 6.89. The lowest BCUT2D eigenvalue weighted by atomic mass is 9.96. The van der Waals surface area contributed by atoms with Crippen LogP contribution in [0.25, 0.3) is 22.2 Å². The molecule has 0 bridgehead atoms. The maximum Gasteiger partial charge on any atom is 0.422 e. The van der Waals surface area contributed by atoms with Crippen molar-refractivity contribution < 1.29 is 27.4 Å². The fourth-order valence-corrected chi connectivity index (χ4v) is 4.91. The van der Waals surface area contributed by atoms with E-state index >= 15 is 0 Å². The molecule has 1 unspecified atom stereocenters. The Morgan fingerprint density at radius 1 is 0.884 bits per heavy atom. The van der Waals surface area contributed by atoms with Crippen molar-refractivity contribution in [2.24, 2.45) is 5.10 Å². The second kappa shape index (κ2) is 11.5. The number of carbonyl (C=O) groups excluding carboxylic acids is 1. The SMILES string of the molecule is COC(=O)c1cccc(N2N=C(c3ccc(-c4ccc(OCC(F)(F)F)nc4)cc3)CC2c2ccc3nccnc3c2)c1. The zero-order valence-electron chi connectivity index (χ0n) is 22.8. The number of alkyl halides is 3. The van der Waals surface area contributed by atoms with Crippen molar-refractivity contribution in [2.45, 2.75) is 18.6 Å². The molecule has 6 rings (SSSR count). The first-order valence-corrected chi connectivity index (χ1v) is 13.3. The number of nitrogens with zero attached hydrogens (tertiary/aromatic N) is 5. The Morgan fingerprint density at radius 2 is 1.63 bits per heavy atom. The standard InChI is InChI=1S/C32H24F3N5O3/c1-42-31(41)23-3-2-4-25(15-23)40-29(22-9-11-26-28(16-22)37-14-13-36-26)17-27(39-40)21-7-5-20(6-8-21)24-10-12-30(38-18-24)43-19-32(33,34)35/h2-16,18,29H,17,19H2,1H3. The predicted octanol–water partition coefficient (Wildman–Crippen LogP) is 6.78. The van der Waals surface area contributed by atoms with Crippen LogP contribution in [0.3, 0.4) is 0 Å². The number of fused-ring (bicyclic) bond motifs is 1. The molecule has 0 spiro atoms. The third-order valence-electron chi connectivity index (χ3n) is 6.99. The number of hydrogen-bond donors (Lipinski definition) is 0. The monoisotopic (exact) mass is 583 g/mol. The van der Waals surface area contributed by atoms with Gasteiger partial charge in [0.25, 0.3) is 0 Å². The van der Waals surface area contributed by atoms with Gasteiger partial charge >= 0.3 is 12.1 Å². The maximum absolute atomic E-state index is 12.4. The van der Waals surface area contributed by atoms with Gasteiger partial charge in [-0.1, -0.05) is 36.4 Å². The summed E-state index contributed by atoms with van der Waals surface area (Å²) in [4.78, 5) is 25.1. The fraction of sp³-hybridized carbons (Fsp3) is 0.156. The van der Waals surface area contributed by atoms with E-state index in [9.17, 15) is 18.0 Å². The minimum atomic E-state index is -4.43. The fourth-order valence-electron chi connectivity index (χ4n) is 4.91. The van der Waals surface area contributed by atoms with Crippen LogP contribution in [0.4, 0.5) is 18.9 Å². The van der Waals surface area contributed by atoms with E-state index in [0.717, 1.165) is 44.7 Å². The summed E-state index contributed by atoms with van der Waals surface area (Å²) in [6.45, 7) is -1.40. The highest BCUT2D eigenvalue weighted by Gasteiger charge is 2.31. The van der Waals surface area contributed by atoms with Crippen LogP contribution in [0.5, 0.6) is 5.88 Å². The second-order valence-corrected chi connectivity index (χ2v) is 9.82. The van der Waals surface area contributed by atoms with Gasteiger partial charge in [-0.05, 0) is 53.1 Å². The van der Waals surface area contributed by atoms with Crippen molar-refractivity contribution in [3.8, 4) is 17.0 Å². The topological polar surface area (TPSA) is 89.8 Å². The van der Waals surface area contributed by atoms with Crippen molar-refractivity contribution in [2.75, 3.05) is 18.7 Å². The molecule has 0 aliphatic carbocycles. The number of esters is 1. The molecule has 2 aromatic heterocycles. The van der Waals surface area contributed by atoms with Gasteiger partial charge in [-0.15, -0.1) is 0 Å². The van der Waals surface area contributed by atoms with E-state index in [-0.39, 0.29) is 11.9 Å². The molecule has 8 nitrogen and oxygen atoms in total. The first-order chi connectivity index (χ1) is 20.8. The summed E-state index contributed by atoms with van der Waals surface area (Å²) in [7, 11) is 1.34. The number of carbonyl (C=O) groups is 1. The maximum atomic E-state index is 12.4. The molecule has 0 amide bonds. The smallest absolute Gasteiger partial charge is 0.422 e. The largest absolute Gasteiger partial charge is 0.468 e. The molecular formula is C32H24F3N5O3. The number of hydrogen-bond acceptors (Lipinski definition) is 8. The lowest BCUT2D eigenvalue weighted by Crippen LogP contribution is -2.19. The summed E-state index contributed by atoms with van der Waals surface area (Å²) in [5.41, 5.74) is 7.01. The molecule has 0 saturated heterocycles. The summed E-state index contributed by atoms with van der Waals surface area (Å²) in [6.07, 6.45) is 0.933. The van der Waals surface area contributed by atoms with Gasteiger partial charge in [-0.25, -0.2) is 9.78 Å². The third-order valence-corrected chi connectivity index (χ3v) is 6.99. The summed E-state index contributed by atoms with van der Waals surface area (Å²) in [6, 6.07) is 23.7. The minimum absolute atomic E-state index is 0.0971. The number of rotatable bonds is 7. The first kappa shape index (κ1) is 27.8. The van der Waals surface area contributed by atoms with Gasteiger partial charge in [0.2, 0.25) is 5.88 Å². The Hall–Kier alpha value is -5.32. The molecule has 0 saturated carbocycles. The van der Waals surface area contributed by atoms with Crippen molar-refractivity contribution >= 4 is 28.4 Å². The van der Waals surface area contributed by atoms with E-state index < -0.39 is 18.8 Å². The van der Waals surface area contributed by atoms with E-state index in [0.29, 0.717) is 12.0 Å². The molecule has 0 N–H and O–H groups in total. The van der Waals surface area contributed by atoms with Gasteiger partial charge in [0.1, 0.15) is 0 Å². The molecule has 3 heterocycles. The number of anilines is 1. The Morgan fingerprint density at radius 3 is 2.35 bits per heavy atom. The minimum Gasteiger partial charge on any atom is -0.468 e. The number of hydrazone groups is 1. The average Bonchev–Trinajstić information content (AvgIpc) is 3.49. The van der Waals surface area contributed by atoms with Gasteiger partial charge in [0, 0.05) is 36.6 Å². The molecule has 43 heavy (non-hydrogen) atoms. The summed E-state index contributed by atoms with van der Waals surface area (Å²) in [5.74, 6) is -0.534. The molecule has 11 heteroatoms. The van der Waals surface area contributed by atoms with Crippen LogP contribution in [-0.2, 0) is 4.74 Å². The number of pyridine rings is 1. The van der Waals surface area contributed by atoms with Crippen LogP contribution < -0.4 is 9.75 Å². The Balaban J connectivity index is 1.29.